The number of benzene rings is 1. The second-order valence-corrected chi connectivity index (χ2v) is 4.35. The number of rotatable bonds is 5. The van der Waals surface area contributed by atoms with E-state index in [4.69, 9.17) is 23.1 Å². The molecule has 0 heterocycles. The van der Waals surface area contributed by atoms with E-state index in [0.29, 0.717) is 12.1 Å². The molecule has 0 saturated carbocycles. The largest absolute Gasteiger partial charge is 0.366 e. The molecule has 1 aromatic carbocycles. The molecule has 1 rings (SSSR count). The summed E-state index contributed by atoms with van der Waals surface area (Å²) >= 11 is 5.87. The number of amides is 2. The van der Waals surface area contributed by atoms with Crippen molar-refractivity contribution in [2.24, 2.45) is 11.5 Å². The van der Waals surface area contributed by atoms with Gasteiger partial charge in [-0.3, -0.25) is 9.59 Å². The monoisotopic (exact) mass is 269 g/mol. The van der Waals surface area contributed by atoms with Gasteiger partial charge in [0.05, 0.1) is 16.6 Å². The van der Waals surface area contributed by atoms with Crippen LogP contribution in [0.5, 0.6) is 0 Å². The van der Waals surface area contributed by atoms with E-state index in [1.165, 1.54) is 12.1 Å². The Morgan fingerprint density at radius 1 is 1.44 bits per heavy atom. The molecule has 0 radical (unpaired) electrons. The molecular formula is C12H16ClN3O2. The smallest absolute Gasteiger partial charge is 0.250 e. The van der Waals surface area contributed by atoms with Crippen LogP contribution in [0.2, 0.25) is 5.02 Å². The maximum Gasteiger partial charge on any atom is 0.250 e. The van der Waals surface area contributed by atoms with Crippen LogP contribution in [0.25, 0.3) is 0 Å². The summed E-state index contributed by atoms with van der Waals surface area (Å²) in [5, 5.41) is 2.83. The third-order valence-corrected chi connectivity index (χ3v) is 2.75. The van der Waals surface area contributed by atoms with Gasteiger partial charge in [0.2, 0.25) is 11.8 Å². The molecule has 18 heavy (non-hydrogen) atoms. The highest BCUT2D eigenvalue weighted by molar-refractivity contribution is 6.34. The van der Waals surface area contributed by atoms with E-state index in [2.05, 4.69) is 5.32 Å². The molecule has 0 saturated heterocycles. The first-order chi connectivity index (χ1) is 8.45. The van der Waals surface area contributed by atoms with Gasteiger partial charge in [0.1, 0.15) is 0 Å². The average molecular weight is 270 g/mol. The highest BCUT2D eigenvalue weighted by Crippen LogP contribution is 2.20. The van der Waals surface area contributed by atoms with Crippen molar-refractivity contribution in [3.05, 3.63) is 28.8 Å². The highest BCUT2D eigenvalue weighted by Gasteiger charge is 2.13. The predicted molar refractivity (Wildman–Crippen MR) is 71.5 cm³/mol. The van der Waals surface area contributed by atoms with Gasteiger partial charge in [-0.2, -0.15) is 0 Å². The highest BCUT2D eigenvalue weighted by atomic mass is 35.5. The molecule has 0 fully saturated rings. The Hall–Kier alpha value is -1.59. The number of anilines is 1. The minimum atomic E-state index is -0.611. The van der Waals surface area contributed by atoms with Crippen molar-refractivity contribution < 1.29 is 9.59 Å². The van der Waals surface area contributed by atoms with Crippen LogP contribution in [0.1, 0.15) is 30.1 Å². The summed E-state index contributed by atoms with van der Waals surface area (Å²) in [5.74, 6) is -0.889. The Balaban J connectivity index is 2.77. The zero-order valence-electron chi connectivity index (χ0n) is 10.1. The van der Waals surface area contributed by atoms with Crippen molar-refractivity contribution in [2.75, 3.05) is 5.32 Å². The molecule has 1 aromatic rings. The van der Waals surface area contributed by atoms with Crippen molar-refractivity contribution in [3.8, 4) is 0 Å². The fourth-order valence-electron chi connectivity index (χ4n) is 1.47. The average Bonchev–Trinajstić information content (AvgIpc) is 2.28. The van der Waals surface area contributed by atoms with E-state index >= 15 is 0 Å². The van der Waals surface area contributed by atoms with E-state index in [0.717, 1.165) is 6.42 Å². The molecule has 0 aliphatic heterocycles. The Labute approximate surface area is 110 Å². The lowest BCUT2D eigenvalue weighted by Crippen LogP contribution is -2.35. The molecular weight excluding hydrogens is 254 g/mol. The van der Waals surface area contributed by atoms with Gasteiger partial charge < -0.3 is 16.8 Å². The maximum absolute atomic E-state index is 11.7. The number of hydrogen-bond donors (Lipinski definition) is 3. The van der Waals surface area contributed by atoms with E-state index in [-0.39, 0.29) is 16.5 Å². The van der Waals surface area contributed by atoms with Gasteiger partial charge in [-0.05, 0) is 24.6 Å². The molecule has 2 amide bonds. The third-order valence-electron chi connectivity index (χ3n) is 2.44. The van der Waals surface area contributed by atoms with E-state index < -0.39 is 11.9 Å². The van der Waals surface area contributed by atoms with Crippen LogP contribution in [-0.4, -0.2) is 17.9 Å². The van der Waals surface area contributed by atoms with Gasteiger partial charge in [-0.25, -0.2) is 0 Å². The summed E-state index contributed by atoms with van der Waals surface area (Å²) in [7, 11) is 0. The first-order valence-corrected chi connectivity index (χ1v) is 5.99. The molecule has 0 bridgehead atoms. The molecule has 0 spiro atoms. The van der Waals surface area contributed by atoms with Crippen LogP contribution < -0.4 is 16.8 Å². The number of carbonyl (C=O) groups excluding carboxylic acids is 2. The Morgan fingerprint density at radius 2 is 2.11 bits per heavy atom. The molecule has 0 aliphatic rings. The van der Waals surface area contributed by atoms with Crippen molar-refractivity contribution >= 4 is 29.1 Å². The molecule has 1 unspecified atom stereocenters. The first-order valence-electron chi connectivity index (χ1n) is 5.61. The zero-order chi connectivity index (χ0) is 13.7. The minimum absolute atomic E-state index is 0.198. The van der Waals surface area contributed by atoms with Crippen molar-refractivity contribution in [1.29, 1.82) is 0 Å². The Bertz CT molecular complexity index is 463. The summed E-state index contributed by atoms with van der Waals surface area (Å²) in [6.45, 7) is 1.95. The summed E-state index contributed by atoms with van der Waals surface area (Å²) < 4.78 is 0. The second kappa shape index (κ2) is 6.37. The van der Waals surface area contributed by atoms with Gasteiger partial charge in [-0.15, -0.1) is 0 Å². The minimum Gasteiger partial charge on any atom is -0.366 e. The summed E-state index contributed by atoms with van der Waals surface area (Å²) in [6.07, 6.45) is 1.44. The van der Waals surface area contributed by atoms with Crippen LogP contribution >= 0.6 is 11.6 Å². The summed E-state index contributed by atoms with van der Waals surface area (Å²) in [6, 6.07) is 3.94. The van der Waals surface area contributed by atoms with Crippen molar-refractivity contribution in [1.82, 2.24) is 0 Å². The van der Waals surface area contributed by atoms with Gasteiger partial charge in [0.25, 0.3) is 0 Å². The summed E-state index contributed by atoms with van der Waals surface area (Å²) in [5.41, 5.74) is 11.5. The third kappa shape index (κ3) is 3.72. The van der Waals surface area contributed by atoms with Crippen LogP contribution in [-0.2, 0) is 4.79 Å². The van der Waals surface area contributed by atoms with Crippen LogP contribution in [0.15, 0.2) is 18.2 Å². The molecule has 5 nitrogen and oxygen atoms in total. The quantitative estimate of drug-likeness (QED) is 0.755. The van der Waals surface area contributed by atoms with E-state index in [1.807, 2.05) is 6.92 Å². The van der Waals surface area contributed by atoms with Gasteiger partial charge in [0.15, 0.2) is 0 Å². The first kappa shape index (κ1) is 14.5. The molecule has 1 atom stereocenters. The lowest BCUT2D eigenvalue weighted by molar-refractivity contribution is -0.117. The zero-order valence-corrected chi connectivity index (χ0v) is 10.8. The predicted octanol–water partition coefficient (Wildman–Crippen LogP) is 1.50. The van der Waals surface area contributed by atoms with Crippen LogP contribution in [0.3, 0.4) is 0 Å². The van der Waals surface area contributed by atoms with Gasteiger partial charge in [-0.1, -0.05) is 24.9 Å². The lowest BCUT2D eigenvalue weighted by atomic mass is 10.1. The van der Waals surface area contributed by atoms with E-state index in [9.17, 15) is 9.59 Å². The number of nitrogens with one attached hydrogen (secondary N) is 1. The fraction of sp³-hybridized carbons (Fsp3) is 0.333. The second-order valence-electron chi connectivity index (χ2n) is 3.94. The Kier molecular flexibility index (Phi) is 5.12. The molecule has 0 aromatic heterocycles. The maximum atomic E-state index is 11.7. The lowest BCUT2D eigenvalue weighted by Gasteiger charge is -2.11. The van der Waals surface area contributed by atoms with Crippen LogP contribution in [0.4, 0.5) is 5.69 Å². The number of carbonyl (C=O) groups is 2. The number of halogens is 1. The van der Waals surface area contributed by atoms with Gasteiger partial charge >= 0.3 is 0 Å². The van der Waals surface area contributed by atoms with Gasteiger partial charge in [0, 0.05) is 5.69 Å². The number of nitrogens with two attached hydrogens (primary N) is 2. The topological polar surface area (TPSA) is 98.2 Å². The van der Waals surface area contributed by atoms with Crippen molar-refractivity contribution in [2.45, 2.75) is 25.8 Å². The molecule has 6 heteroatoms. The number of hydrogen-bond acceptors (Lipinski definition) is 3. The standard InChI is InChI=1S/C12H16ClN3O2/c1-2-3-10(14)12(18)16-7-4-5-8(11(15)17)9(13)6-7/h4-6,10H,2-3,14H2,1H3,(H2,15,17)(H,16,18). The number of primary amides is 1. The van der Waals surface area contributed by atoms with E-state index in [1.54, 1.807) is 6.07 Å². The van der Waals surface area contributed by atoms with Crippen molar-refractivity contribution in [3.63, 3.8) is 0 Å². The fourth-order valence-corrected chi connectivity index (χ4v) is 1.74. The normalized spacial score (nSPS) is 11.9. The Morgan fingerprint density at radius 3 is 2.61 bits per heavy atom. The molecule has 5 N–H and O–H groups in total. The van der Waals surface area contributed by atoms with Crippen LogP contribution in [0, 0.1) is 0 Å². The molecule has 0 aliphatic carbocycles. The summed E-state index contributed by atoms with van der Waals surface area (Å²) in [4.78, 5) is 22.6. The molecule has 98 valence electrons. The SMILES string of the molecule is CCCC(N)C(=O)Nc1ccc(C(N)=O)c(Cl)c1.